The molecule has 0 atom stereocenters. The molecule has 7 N–H and O–H groups in total. The van der Waals surface area contributed by atoms with Crippen molar-refractivity contribution in [1.82, 2.24) is 9.97 Å². The Balaban J connectivity index is 1.59. The number of halogens is 2. The van der Waals surface area contributed by atoms with Crippen LogP contribution in [0.2, 0.25) is 0 Å². The minimum absolute atomic E-state index is 0.105. The largest absolute Gasteiger partial charge is 0.382 e. The van der Waals surface area contributed by atoms with Gasteiger partial charge in [-0.1, -0.05) is 11.3 Å². The molecule has 0 spiro atoms. The molecule has 4 aromatic rings. The molecule has 0 aliphatic heterocycles. The van der Waals surface area contributed by atoms with Crippen molar-refractivity contribution in [3.05, 3.63) is 82.5 Å². The first-order valence-electron chi connectivity index (χ1n) is 9.68. The predicted octanol–water partition coefficient (Wildman–Crippen LogP) is 3.21. The third kappa shape index (κ3) is 5.03. The van der Waals surface area contributed by atoms with Gasteiger partial charge in [0.2, 0.25) is 15.8 Å². The van der Waals surface area contributed by atoms with E-state index in [0.29, 0.717) is 5.69 Å². The molecule has 2 aromatic heterocycles. The van der Waals surface area contributed by atoms with Crippen molar-refractivity contribution < 1.29 is 26.8 Å². The van der Waals surface area contributed by atoms with Crippen LogP contribution in [-0.2, 0) is 10.0 Å². The van der Waals surface area contributed by atoms with Crippen molar-refractivity contribution in [3.63, 3.8) is 0 Å². The van der Waals surface area contributed by atoms with Gasteiger partial charge in [-0.25, -0.2) is 27.3 Å². The van der Waals surface area contributed by atoms with Crippen LogP contribution in [-0.4, -0.2) is 30.1 Å². The number of nitrogens with one attached hydrogen (secondary N) is 3. The number of nitrogens with two attached hydrogens (primary N) is 2. The number of sulfonamides is 1. The summed E-state index contributed by atoms with van der Waals surface area (Å²) < 4.78 is 52.3. The number of rotatable bonds is 7. The molecular formula is C21H16F2N6O4S2. The van der Waals surface area contributed by atoms with Gasteiger partial charge in [0, 0.05) is 11.9 Å². The molecule has 0 unspecified atom stereocenters. The van der Waals surface area contributed by atoms with E-state index in [1.165, 1.54) is 36.5 Å². The fourth-order valence-corrected chi connectivity index (χ4v) is 4.40. The van der Waals surface area contributed by atoms with Gasteiger partial charge in [-0.2, -0.15) is 0 Å². The van der Waals surface area contributed by atoms with Crippen LogP contribution in [0.15, 0.2) is 59.6 Å². The maximum atomic E-state index is 15.1. The van der Waals surface area contributed by atoms with E-state index in [1.54, 1.807) is 6.07 Å². The first kappa shape index (κ1) is 24.0. The highest BCUT2D eigenvalue weighted by atomic mass is 32.2. The number of benzene rings is 2. The number of aromatic nitrogens is 2. The minimum Gasteiger partial charge on any atom is -0.382 e. The monoisotopic (exact) mass is 518 g/mol. The molecule has 4 rings (SSSR count). The number of hydrogen-bond donors (Lipinski definition) is 5. The molecule has 2 heterocycles. The number of nitrogen functional groups attached to an aromatic ring is 1. The van der Waals surface area contributed by atoms with E-state index in [1.807, 2.05) is 0 Å². The Labute approximate surface area is 201 Å². The number of amides is 1. The zero-order valence-electron chi connectivity index (χ0n) is 17.5. The highest BCUT2D eigenvalue weighted by molar-refractivity contribution is 7.89. The Morgan fingerprint density at radius 3 is 2.40 bits per heavy atom. The van der Waals surface area contributed by atoms with Crippen LogP contribution in [0.4, 0.5) is 31.1 Å². The molecule has 0 bridgehead atoms. The highest BCUT2D eigenvalue weighted by Crippen LogP contribution is 2.32. The highest BCUT2D eigenvalue weighted by Gasteiger charge is 2.27. The Morgan fingerprint density at radius 2 is 1.77 bits per heavy atom. The topological polar surface area (TPSA) is 173 Å². The zero-order valence-corrected chi connectivity index (χ0v) is 19.1. The lowest BCUT2D eigenvalue weighted by Crippen LogP contribution is -2.16. The molecule has 10 nitrogen and oxygen atoms in total. The third-order valence-corrected chi connectivity index (χ3v) is 6.62. The molecule has 35 heavy (non-hydrogen) atoms. The van der Waals surface area contributed by atoms with Crippen LogP contribution in [0.5, 0.6) is 0 Å². The normalized spacial score (nSPS) is 11.3. The molecule has 180 valence electrons. The molecule has 0 saturated heterocycles. The lowest BCUT2D eigenvalue weighted by atomic mass is 10.1. The quantitative estimate of drug-likeness (QED) is 0.234. The summed E-state index contributed by atoms with van der Waals surface area (Å²) in [6, 6.07) is 10.2. The summed E-state index contributed by atoms with van der Waals surface area (Å²) in [6.07, 6.45) is 1.50. The fourth-order valence-electron chi connectivity index (χ4n) is 3.03. The SMILES string of the molecule is Nc1nc(Nc2ccc(S(N)(=O)=O)cc2)sc1C(=O)c1c(F)ccc(NC(=O)c2ccc[nH]2)c1F. The number of carbonyl (C=O) groups excluding carboxylic acids is 2. The molecule has 14 heteroatoms. The number of primary sulfonamides is 1. The average molecular weight is 519 g/mol. The van der Waals surface area contributed by atoms with E-state index in [-0.39, 0.29) is 26.4 Å². The Hall–Kier alpha value is -4.14. The van der Waals surface area contributed by atoms with Gasteiger partial charge in [-0.15, -0.1) is 0 Å². The Kier molecular flexibility index (Phi) is 6.34. The van der Waals surface area contributed by atoms with E-state index in [9.17, 15) is 22.4 Å². The number of H-pyrrole nitrogens is 1. The molecule has 0 aliphatic carbocycles. The van der Waals surface area contributed by atoms with Crippen molar-refractivity contribution in [2.75, 3.05) is 16.4 Å². The van der Waals surface area contributed by atoms with Gasteiger partial charge >= 0.3 is 0 Å². The lowest BCUT2D eigenvalue weighted by Gasteiger charge is -2.09. The Morgan fingerprint density at radius 1 is 1.06 bits per heavy atom. The van der Waals surface area contributed by atoms with Gasteiger partial charge in [-0.3, -0.25) is 9.59 Å². The van der Waals surface area contributed by atoms with Gasteiger partial charge in [0.25, 0.3) is 5.91 Å². The fraction of sp³-hybridized carbons (Fsp3) is 0. The second-order valence-electron chi connectivity index (χ2n) is 7.08. The van der Waals surface area contributed by atoms with E-state index < -0.39 is 44.6 Å². The molecule has 0 aliphatic rings. The first-order chi connectivity index (χ1) is 16.5. The summed E-state index contributed by atoms with van der Waals surface area (Å²) in [7, 11) is -3.87. The van der Waals surface area contributed by atoms with Gasteiger partial charge < -0.3 is 21.4 Å². The summed E-state index contributed by atoms with van der Waals surface area (Å²) in [6.45, 7) is 0. The van der Waals surface area contributed by atoms with E-state index in [4.69, 9.17) is 10.9 Å². The molecule has 2 aromatic carbocycles. The van der Waals surface area contributed by atoms with Crippen molar-refractivity contribution in [1.29, 1.82) is 0 Å². The molecule has 0 radical (unpaired) electrons. The molecule has 0 saturated carbocycles. The number of nitrogens with zero attached hydrogens (tertiary/aromatic N) is 1. The number of anilines is 4. The van der Waals surface area contributed by atoms with Gasteiger partial charge in [0.05, 0.1) is 16.1 Å². The van der Waals surface area contributed by atoms with Crippen LogP contribution in [0.1, 0.15) is 25.7 Å². The third-order valence-electron chi connectivity index (χ3n) is 4.70. The van der Waals surface area contributed by atoms with E-state index >= 15 is 4.39 Å². The van der Waals surface area contributed by atoms with Crippen molar-refractivity contribution in [2.45, 2.75) is 4.90 Å². The molecular weight excluding hydrogens is 502 g/mol. The van der Waals surface area contributed by atoms with Crippen LogP contribution in [0.3, 0.4) is 0 Å². The second kappa shape index (κ2) is 9.25. The summed E-state index contributed by atoms with van der Waals surface area (Å²) in [5.41, 5.74) is 5.05. The van der Waals surface area contributed by atoms with Crippen LogP contribution >= 0.6 is 11.3 Å². The number of aromatic amines is 1. The number of hydrogen-bond acceptors (Lipinski definition) is 8. The van der Waals surface area contributed by atoms with E-state index in [2.05, 4.69) is 20.6 Å². The average Bonchev–Trinajstić information content (AvgIpc) is 3.45. The maximum absolute atomic E-state index is 15.1. The smallest absolute Gasteiger partial charge is 0.272 e. The lowest BCUT2D eigenvalue weighted by molar-refractivity contribution is 0.101. The zero-order chi connectivity index (χ0) is 25.3. The second-order valence-corrected chi connectivity index (χ2v) is 9.64. The first-order valence-corrected chi connectivity index (χ1v) is 12.0. The minimum atomic E-state index is -3.87. The van der Waals surface area contributed by atoms with Crippen molar-refractivity contribution in [3.8, 4) is 0 Å². The van der Waals surface area contributed by atoms with Gasteiger partial charge in [-0.05, 0) is 48.5 Å². The number of ketones is 1. The maximum Gasteiger partial charge on any atom is 0.272 e. The predicted molar refractivity (Wildman–Crippen MR) is 126 cm³/mol. The van der Waals surface area contributed by atoms with Crippen LogP contribution in [0.25, 0.3) is 0 Å². The van der Waals surface area contributed by atoms with E-state index in [0.717, 1.165) is 23.5 Å². The summed E-state index contributed by atoms with van der Waals surface area (Å²) in [5.74, 6) is -4.44. The molecule has 1 amide bonds. The summed E-state index contributed by atoms with van der Waals surface area (Å²) in [4.78, 5) is 31.5. The Bertz CT molecular complexity index is 1530. The number of carbonyl (C=O) groups is 2. The van der Waals surface area contributed by atoms with Crippen molar-refractivity contribution >= 4 is 55.4 Å². The standard InChI is InChI=1S/C21H16F2N6O4S2/c22-12-7-8-13(28-20(31)14-2-1-9-26-14)16(23)15(12)17(30)18-19(24)29-21(34-18)27-10-3-5-11(6-4-10)35(25,32)33/h1-9,26H,24H2,(H,27,29)(H,28,31)(H2,25,32,33). The van der Waals surface area contributed by atoms with Gasteiger partial charge in [0.15, 0.2) is 10.9 Å². The summed E-state index contributed by atoms with van der Waals surface area (Å²) in [5, 5.41) is 10.3. The van der Waals surface area contributed by atoms with Crippen molar-refractivity contribution in [2.24, 2.45) is 5.14 Å². The summed E-state index contributed by atoms with van der Waals surface area (Å²) >= 11 is 0.737. The van der Waals surface area contributed by atoms with Crippen LogP contribution < -0.4 is 21.5 Å². The number of thiazole rings is 1. The molecule has 0 fully saturated rings. The van der Waals surface area contributed by atoms with Gasteiger partial charge in [0.1, 0.15) is 22.2 Å². The van der Waals surface area contributed by atoms with Crippen LogP contribution in [0, 0.1) is 11.6 Å².